The van der Waals surface area contributed by atoms with E-state index in [0.717, 1.165) is 18.4 Å². The lowest BCUT2D eigenvalue weighted by Crippen LogP contribution is -2.17. The molecule has 2 atom stereocenters. The normalized spacial score (nSPS) is 28.6. The first-order chi connectivity index (χ1) is 9.09. The van der Waals surface area contributed by atoms with Crippen LogP contribution in [0.2, 0.25) is 0 Å². The first kappa shape index (κ1) is 12.7. The minimum Gasteiger partial charge on any atom is -0.477 e. The fourth-order valence-electron chi connectivity index (χ4n) is 3.34. The van der Waals surface area contributed by atoms with Crippen LogP contribution in [0.5, 0.6) is 0 Å². The zero-order valence-corrected chi connectivity index (χ0v) is 11.6. The van der Waals surface area contributed by atoms with E-state index in [9.17, 15) is 9.59 Å². The van der Waals surface area contributed by atoms with E-state index < -0.39 is 5.97 Å². The van der Waals surface area contributed by atoms with Gasteiger partial charge in [0, 0.05) is 5.92 Å². The van der Waals surface area contributed by atoms with Crippen LogP contribution in [0.1, 0.15) is 40.9 Å². The van der Waals surface area contributed by atoms with Gasteiger partial charge in [-0.25, -0.2) is 4.79 Å². The van der Waals surface area contributed by atoms with Crippen LogP contribution in [0.3, 0.4) is 0 Å². The Morgan fingerprint density at radius 3 is 2.53 bits per heavy atom. The highest BCUT2D eigenvalue weighted by atomic mass is 32.1. The smallest absolute Gasteiger partial charge is 0.348 e. The molecule has 2 aliphatic rings. The third kappa shape index (κ3) is 2.16. The van der Waals surface area contributed by atoms with Crippen molar-refractivity contribution in [3.63, 3.8) is 0 Å². The monoisotopic (exact) mass is 279 g/mol. The van der Waals surface area contributed by atoms with Crippen molar-refractivity contribution in [1.29, 1.82) is 0 Å². The first-order valence-electron chi connectivity index (χ1n) is 6.72. The number of rotatable bonds is 3. The lowest BCUT2D eigenvalue weighted by molar-refractivity contribution is -0.117. The molecule has 1 heterocycles. The van der Waals surface area contributed by atoms with Gasteiger partial charge in [0.2, 0.25) is 5.91 Å². The maximum absolute atomic E-state index is 12.3. The molecule has 0 saturated heterocycles. The summed E-state index contributed by atoms with van der Waals surface area (Å²) in [6, 6.07) is 0. The number of aromatic carboxylic acids is 1. The Morgan fingerprint density at radius 2 is 1.95 bits per heavy atom. The summed E-state index contributed by atoms with van der Waals surface area (Å²) in [6.45, 7) is 1.83. The number of hydrogen-bond acceptors (Lipinski definition) is 3. The number of aryl methyl sites for hydroxylation is 1. The summed E-state index contributed by atoms with van der Waals surface area (Å²) in [5.41, 5.74) is 1.32. The molecule has 4 nitrogen and oxygen atoms in total. The van der Waals surface area contributed by atoms with Crippen molar-refractivity contribution in [2.45, 2.75) is 32.6 Å². The summed E-state index contributed by atoms with van der Waals surface area (Å²) in [7, 11) is 0. The van der Waals surface area contributed by atoms with Gasteiger partial charge in [0.1, 0.15) is 4.88 Å². The van der Waals surface area contributed by atoms with Gasteiger partial charge < -0.3 is 10.4 Å². The van der Waals surface area contributed by atoms with Crippen LogP contribution in [0.15, 0.2) is 5.38 Å². The molecule has 0 bridgehead atoms. The molecule has 2 saturated carbocycles. The van der Waals surface area contributed by atoms with Gasteiger partial charge in [-0.15, -0.1) is 11.3 Å². The maximum Gasteiger partial charge on any atom is 0.348 e. The number of thiophene rings is 1. The minimum atomic E-state index is -0.971. The van der Waals surface area contributed by atoms with Gasteiger partial charge in [0.05, 0.1) is 5.69 Å². The predicted molar refractivity (Wildman–Crippen MR) is 73.6 cm³/mol. The molecule has 2 unspecified atom stereocenters. The topological polar surface area (TPSA) is 66.4 Å². The average Bonchev–Trinajstić information content (AvgIpc) is 3.01. The summed E-state index contributed by atoms with van der Waals surface area (Å²) in [5, 5.41) is 13.7. The number of carboxylic acids is 1. The summed E-state index contributed by atoms with van der Waals surface area (Å²) in [4.78, 5) is 23.6. The third-order valence-electron chi connectivity index (χ3n) is 4.38. The quantitative estimate of drug-likeness (QED) is 0.893. The second kappa shape index (κ2) is 4.63. The Kier molecular flexibility index (Phi) is 3.09. The minimum absolute atomic E-state index is 0.0147. The van der Waals surface area contributed by atoms with Gasteiger partial charge in [-0.1, -0.05) is 12.8 Å². The van der Waals surface area contributed by atoms with Gasteiger partial charge in [-0.05, 0) is 42.5 Å². The number of amides is 1. The van der Waals surface area contributed by atoms with Gasteiger partial charge in [0.25, 0.3) is 0 Å². The Hall–Kier alpha value is -1.36. The SMILES string of the molecule is Cc1csc(C(=O)O)c1NC(=O)C1C2CCCCC21. The van der Waals surface area contributed by atoms with E-state index in [4.69, 9.17) is 5.11 Å². The Balaban J connectivity index is 1.73. The van der Waals surface area contributed by atoms with Crippen LogP contribution >= 0.6 is 11.3 Å². The van der Waals surface area contributed by atoms with Crippen LogP contribution < -0.4 is 5.32 Å². The molecule has 2 N–H and O–H groups in total. The number of fused-ring (bicyclic) bond motifs is 1. The van der Waals surface area contributed by atoms with Crippen LogP contribution in [0.4, 0.5) is 5.69 Å². The highest BCUT2D eigenvalue weighted by molar-refractivity contribution is 7.12. The van der Waals surface area contributed by atoms with Crippen LogP contribution in [0.25, 0.3) is 0 Å². The van der Waals surface area contributed by atoms with Gasteiger partial charge in [-0.2, -0.15) is 0 Å². The predicted octanol–water partition coefficient (Wildman–Crippen LogP) is 3.13. The molecule has 2 aliphatic carbocycles. The molecule has 19 heavy (non-hydrogen) atoms. The molecule has 102 valence electrons. The molecule has 2 fully saturated rings. The molecular weight excluding hydrogens is 262 g/mol. The lowest BCUT2D eigenvalue weighted by Gasteiger charge is -2.05. The van der Waals surface area contributed by atoms with Crippen molar-refractivity contribution < 1.29 is 14.7 Å². The van der Waals surface area contributed by atoms with E-state index >= 15 is 0 Å². The Labute approximate surface area is 115 Å². The zero-order chi connectivity index (χ0) is 13.6. The molecule has 0 aromatic carbocycles. The number of carboxylic acid groups (broad SMARTS) is 1. The van der Waals surface area contributed by atoms with Crippen LogP contribution in [0, 0.1) is 24.7 Å². The van der Waals surface area contributed by atoms with E-state index in [2.05, 4.69) is 5.32 Å². The van der Waals surface area contributed by atoms with E-state index in [1.165, 1.54) is 24.2 Å². The van der Waals surface area contributed by atoms with Crippen LogP contribution in [-0.2, 0) is 4.79 Å². The summed E-state index contributed by atoms with van der Waals surface area (Å²) >= 11 is 1.17. The Bertz CT molecular complexity index is 525. The van der Waals surface area contributed by atoms with Gasteiger partial charge in [0.15, 0.2) is 0 Å². The van der Waals surface area contributed by atoms with Crippen molar-refractivity contribution in [3.05, 3.63) is 15.8 Å². The summed E-state index contributed by atoms with van der Waals surface area (Å²) in [5.74, 6) is 0.243. The number of carbonyl (C=O) groups is 2. The fourth-order valence-corrected chi connectivity index (χ4v) is 4.19. The third-order valence-corrected chi connectivity index (χ3v) is 5.46. The second-order valence-corrected chi connectivity index (χ2v) is 6.43. The van der Waals surface area contributed by atoms with E-state index in [0.29, 0.717) is 17.5 Å². The van der Waals surface area contributed by atoms with Crippen molar-refractivity contribution in [2.75, 3.05) is 5.32 Å². The van der Waals surface area contributed by atoms with Crippen molar-refractivity contribution in [1.82, 2.24) is 0 Å². The van der Waals surface area contributed by atoms with E-state index in [1.807, 2.05) is 6.92 Å². The molecule has 0 radical (unpaired) electrons. The number of nitrogens with one attached hydrogen (secondary N) is 1. The largest absolute Gasteiger partial charge is 0.477 e. The summed E-state index contributed by atoms with van der Waals surface area (Å²) in [6.07, 6.45) is 4.75. The standard InChI is InChI=1S/C14H17NO3S/c1-7-6-19-12(14(17)18)11(7)15-13(16)10-8-4-2-3-5-9(8)10/h6,8-10H,2-5H2,1H3,(H,15,16)(H,17,18). The van der Waals surface area contributed by atoms with Crippen LogP contribution in [-0.4, -0.2) is 17.0 Å². The number of anilines is 1. The van der Waals surface area contributed by atoms with E-state index in [1.54, 1.807) is 5.38 Å². The van der Waals surface area contributed by atoms with Gasteiger partial charge >= 0.3 is 5.97 Å². The number of hydrogen-bond donors (Lipinski definition) is 2. The molecule has 5 heteroatoms. The molecule has 1 aromatic rings. The van der Waals surface area contributed by atoms with Gasteiger partial charge in [-0.3, -0.25) is 4.79 Å². The van der Waals surface area contributed by atoms with Crippen molar-refractivity contribution in [2.24, 2.45) is 17.8 Å². The van der Waals surface area contributed by atoms with Crippen molar-refractivity contribution in [3.8, 4) is 0 Å². The first-order valence-corrected chi connectivity index (χ1v) is 7.60. The Morgan fingerprint density at radius 1 is 1.32 bits per heavy atom. The average molecular weight is 279 g/mol. The lowest BCUT2D eigenvalue weighted by atomic mass is 10.0. The second-order valence-electron chi connectivity index (χ2n) is 5.56. The molecule has 1 amide bonds. The van der Waals surface area contributed by atoms with Crippen molar-refractivity contribution >= 4 is 28.9 Å². The molecule has 0 spiro atoms. The molecule has 0 aliphatic heterocycles. The fraction of sp³-hybridized carbons (Fsp3) is 0.571. The molecule has 3 rings (SSSR count). The highest BCUT2D eigenvalue weighted by Crippen LogP contribution is 2.55. The highest BCUT2D eigenvalue weighted by Gasteiger charge is 2.54. The zero-order valence-electron chi connectivity index (χ0n) is 10.8. The molecular formula is C14H17NO3S. The number of carbonyl (C=O) groups excluding carboxylic acids is 1. The maximum atomic E-state index is 12.3. The van der Waals surface area contributed by atoms with E-state index in [-0.39, 0.29) is 16.7 Å². The summed E-state index contributed by atoms with van der Waals surface area (Å²) < 4.78 is 0. The molecule has 1 aromatic heterocycles.